The lowest BCUT2D eigenvalue weighted by Crippen LogP contribution is -2.23. The average molecular weight is 361 g/mol. The van der Waals surface area contributed by atoms with E-state index in [1.807, 2.05) is 6.07 Å². The zero-order valence-electron chi connectivity index (χ0n) is 11.0. The van der Waals surface area contributed by atoms with Crippen LogP contribution in [0.4, 0.5) is 0 Å². The van der Waals surface area contributed by atoms with Crippen LogP contribution in [0.3, 0.4) is 0 Å². The minimum absolute atomic E-state index is 0.0659. The molecule has 1 aliphatic rings. The van der Waals surface area contributed by atoms with Gasteiger partial charge in [0.05, 0.1) is 12.2 Å². The maximum absolute atomic E-state index is 11.0. The number of hydrogen-bond donors (Lipinski definition) is 1. The number of benzene rings is 1. The Labute approximate surface area is 131 Å². The molecule has 20 heavy (non-hydrogen) atoms. The summed E-state index contributed by atoms with van der Waals surface area (Å²) >= 11 is 4.82. The monoisotopic (exact) mass is 360 g/mol. The van der Waals surface area contributed by atoms with E-state index in [2.05, 4.69) is 15.9 Å². The van der Waals surface area contributed by atoms with Crippen LogP contribution in [0.5, 0.6) is 0 Å². The summed E-state index contributed by atoms with van der Waals surface area (Å²) in [6.07, 6.45) is 3.17. The highest BCUT2D eigenvalue weighted by Gasteiger charge is 2.14. The van der Waals surface area contributed by atoms with Crippen LogP contribution in [-0.4, -0.2) is 36.3 Å². The van der Waals surface area contributed by atoms with Crippen molar-refractivity contribution in [3.8, 4) is 0 Å². The summed E-state index contributed by atoms with van der Waals surface area (Å²) in [7, 11) is 0. The summed E-state index contributed by atoms with van der Waals surface area (Å²) in [6, 6.07) is 5.34. The quantitative estimate of drug-likeness (QED) is 0.617. The number of hydrogen-bond acceptors (Lipinski definition) is 4. The van der Waals surface area contributed by atoms with Gasteiger partial charge in [-0.1, -0.05) is 0 Å². The average Bonchev–Trinajstić information content (AvgIpc) is 2.46. The Kier molecular flexibility index (Phi) is 6.35. The molecule has 0 amide bonds. The molecule has 1 aromatic carbocycles. The lowest BCUT2D eigenvalue weighted by atomic mass is 10.2. The minimum Gasteiger partial charge on any atom is -0.478 e. The summed E-state index contributed by atoms with van der Waals surface area (Å²) in [6.45, 7) is 1.39. The van der Waals surface area contributed by atoms with Gasteiger partial charge in [-0.05, 0) is 53.4 Å². The number of carbonyl (C=O) groups is 1. The van der Waals surface area contributed by atoms with Gasteiger partial charge in [-0.15, -0.1) is 11.8 Å². The molecule has 1 saturated heterocycles. The number of rotatable bonds is 6. The molecule has 6 heteroatoms. The summed E-state index contributed by atoms with van der Waals surface area (Å²) in [5.41, 5.74) is 0.284. The second-order valence-corrected chi connectivity index (χ2v) is 6.48. The van der Waals surface area contributed by atoms with Crippen molar-refractivity contribution < 1.29 is 19.4 Å². The second kappa shape index (κ2) is 8.02. The second-order valence-electron chi connectivity index (χ2n) is 4.46. The van der Waals surface area contributed by atoms with E-state index in [0.29, 0.717) is 11.1 Å². The van der Waals surface area contributed by atoms with Crippen LogP contribution < -0.4 is 0 Å². The molecule has 1 fully saturated rings. The normalized spacial score (nSPS) is 18.9. The first-order chi connectivity index (χ1) is 9.66. The molecular weight excluding hydrogens is 344 g/mol. The van der Waals surface area contributed by atoms with E-state index in [4.69, 9.17) is 14.6 Å². The molecule has 1 atom stereocenters. The summed E-state index contributed by atoms with van der Waals surface area (Å²) in [5, 5.41) is 9.05. The molecule has 0 aromatic heterocycles. The van der Waals surface area contributed by atoms with Crippen LogP contribution in [0.15, 0.2) is 27.6 Å². The predicted molar refractivity (Wildman–Crippen MR) is 81.4 cm³/mol. The summed E-state index contributed by atoms with van der Waals surface area (Å²) in [4.78, 5) is 12.0. The highest BCUT2D eigenvalue weighted by Crippen LogP contribution is 2.25. The van der Waals surface area contributed by atoms with Crippen LogP contribution in [-0.2, 0) is 9.47 Å². The summed E-state index contributed by atoms with van der Waals surface area (Å²) in [5.74, 6) is -0.147. The molecule has 1 heterocycles. The Morgan fingerprint density at radius 1 is 1.50 bits per heavy atom. The van der Waals surface area contributed by atoms with Gasteiger partial charge in [0, 0.05) is 21.7 Å². The summed E-state index contributed by atoms with van der Waals surface area (Å²) < 4.78 is 11.7. The van der Waals surface area contributed by atoms with Crippen molar-refractivity contribution >= 4 is 33.7 Å². The van der Waals surface area contributed by atoms with E-state index in [1.165, 1.54) is 0 Å². The van der Waals surface area contributed by atoms with Gasteiger partial charge in [0.15, 0.2) is 6.29 Å². The van der Waals surface area contributed by atoms with Gasteiger partial charge in [-0.2, -0.15) is 0 Å². The molecule has 1 N–H and O–H groups in total. The number of ether oxygens (including phenoxy) is 2. The first-order valence-corrected chi connectivity index (χ1v) is 8.33. The van der Waals surface area contributed by atoms with Crippen LogP contribution in [0.25, 0.3) is 0 Å². The van der Waals surface area contributed by atoms with Gasteiger partial charge >= 0.3 is 5.97 Å². The molecular formula is C14H17BrO4S. The standard InChI is InChI=1S/C14H17BrO4S/c15-12-5-4-10(9-11(12)14(16)17)20-8-7-19-13-3-1-2-6-18-13/h4-5,9,13H,1-3,6-8H2,(H,16,17). The molecule has 0 bridgehead atoms. The first kappa shape index (κ1) is 15.8. The van der Waals surface area contributed by atoms with Gasteiger partial charge in [-0.3, -0.25) is 0 Å². The van der Waals surface area contributed by atoms with E-state index in [-0.39, 0.29) is 11.9 Å². The van der Waals surface area contributed by atoms with Gasteiger partial charge < -0.3 is 14.6 Å². The van der Waals surface area contributed by atoms with Crippen LogP contribution >= 0.6 is 27.7 Å². The number of carboxylic acids is 1. The molecule has 0 aliphatic carbocycles. The lowest BCUT2D eigenvalue weighted by Gasteiger charge is -2.22. The van der Waals surface area contributed by atoms with Crippen LogP contribution in [0.1, 0.15) is 29.6 Å². The van der Waals surface area contributed by atoms with Crippen molar-refractivity contribution in [1.82, 2.24) is 0 Å². The van der Waals surface area contributed by atoms with Gasteiger partial charge in [-0.25, -0.2) is 4.79 Å². The van der Waals surface area contributed by atoms with E-state index in [0.717, 1.165) is 36.5 Å². The van der Waals surface area contributed by atoms with Crippen molar-refractivity contribution in [2.75, 3.05) is 19.0 Å². The molecule has 1 aliphatic heterocycles. The number of aromatic carboxylic acids is 1. The Morgan fingerprint density at radius 2 is 2.35 bits per heavy atom. The maximum Gasteiger partial charge on any atom is 0.336 e. The zero-order valence-corrected chi connectivity index (χ0v) is 13.4. The van der Waals surface area contributed by atoms with E-state index in [9.17, 15) is 4.79 Å². The Balaban J connectivity index is 1.76. The fourth-order valence-electron chi connectivity index (χ4n) is 1.94. The lowest BCUT2D eigenvalue weighted by molar-refractivity contribution is -0.158. The highest BCUT2D eigenvalue weighted by atomic mass is 79.9. The number of carboxylic acid groups (broad SMARTS) is 1. The number of thioether (sulfide) groups is 1. The highest BCUT2D eigenvalue weighted by molar-refractivity contribution is 9.10. The fourth-order valence-corrected chi connectivity index (χ4v) is 3.14. The fraction of sp³-hybridized carbons (Fsp3) is 0.500. The van der Waals surface area contributed by atoms with E-state index < -0.39 is 5.97 Å². The molecule has 2 rings (SSSR count). The topological polar surface area (TPSA) is 55.8 Å². The molecule has 0 spiro atoms. The van der Waals surface area contributed by atoms with Crippen molar-refractivity contribution in [2.45, 2.75) is 30.4 Å². The third-order valence-electron chi connectivity index (χ3n) is 2.96. The van der Waals surface area contributed by atoms with Gasteiger partial charge in [0.1, 0.15) is 0 Å². The third kappa shape index (κ3) is 4.77. The smallest absolute Gasteiger partial charge is 0.336 e. The van der Waals surface area contributed by atoms with Crippen molar-refractivity contribution in [1.29, 1.82) is 0 Å². The molecule has 1 aromatic rings. The predicted octanol–water partition coefficient (Wildman–Crippen LogP) is 3.78. The molecule has 4 nitrogen and oxygen atoms in total. The van der Waals surface area contributed by atoms with Crippen molar-refractivity contribution in [3.63, 3.8) is 0 Å². The maximum atomic E-state index is 11.0. The van der Waals surface area contributed by atoms with Gasteiger partial charge in [0.25, 0.3) is 0 Å². The molecule has 0 saturated carbocycles. The minimum atomic E-state index is -0.925. The Morgan fingerprint density at radius 3 is 3.05 bits per heavy atom. The number of halogens is 1. The molecule has 0 radical (unpaired) electrons. The Bertz CT molecular complexity index is 460. The van der Waals surface area contributed by atoms with Crippen LogP contribution in [0, 0.1) is 0 Å². The third-order valence-corrected chi connectivity index (χ3v) is 4.61. The SMILES string of the molecule is O=C(O)c1cc(SCCOC2CCCCO2)ccc1Br. The molecule has 110 valence electrons. The van der Waals surface area contributed by atoms with Crippen LogP contribution in [0.2, 0.25) is 0 Å². The first-order valence-electron chi connectivity index (χ1n) is 6.55. The zero-order chi connectivity index (χ0) is 14.4. The van der Waals surface area contributed by atoms with E-state index >= 15 is 0 Å². The van der Waals surface area contributed by atoms with Gasteiger partial charge in [0.2, 0.25) is 0 Å². The largest absolute Gasteiger partial charge is 0.478 e. The van der Waals surface area contributed by atoms with Crippen molar-refractivity contribution in [3.05, 3.63) is 28.2 Å². The van der Waals surface area contributed by atoms with Crippen molar-refractivity contribution in [2.24, 2.45) is 0 Å². The van der Waals surface area contributed by atoms with E-state index in [1.54, 1.807) is 23.9 Å². The molecule has 1 unspecified atom stereocenters. The Hall–Kier alpha value is -0.560.